The van der Waals surface area contributed by atoms with Gasteiger partial charge in [-0.1, -0.05) is 33.8 Å². The molecule has 1 unspecified atom stereocenters. The van der Waals surface area contributed by atoms with E-state index in [1.165, 1.54) is 11.1 Å². The summed E-state index contributed by atoms with van der Waals surface area (Å²) < 4.78 is 0. The lowest BCUT2D eigenvalue weighted by Gasteiger charge is -2.09. The summed E-state index contributed by atoms with van der Waals surface area (Å²) in [6, 6.07) is 5.98. The molecule has 1 rings (SSSR count). The van der Waals surface area contributed by atoms with E-state index in [9.17, 15) is 9.59 Å². The molecule has 1 atom stereocenters. The van der Waals surface area contributed by atoms with Gasteiger partial charge >= 0.3 is 0 Å². The number of aryl methyl sites for hydroxylation is 2. The minimum Gasteiger partial charge on any atom is -0.299 e. The first-order chi connectivity index (χ1) is 9.01. The molecular formula is C17H24O2. The molecule has 0 aromatic heterocycles. The van der Waals surface area contributed by atoms with E-state index in [1.807, 2.05) is 26.0 Å². The number of ketones is 2. The highest BCUT2D eigenvalue weighted by Crippen LogP contribution is 2.15. The molecule has 0 saturated heterocycles. The van der Waals surface area contributed by atoms with Gasteiger partial charge in [-0.3, -0.25) is 9.59 Å². The van der Waals surface area contributed by atoms with E-state index in [-0.39, 0.29) is 23.9 Å². The molecule has 0 radical (unpaired) electrons. The summed E-state index contributed by atoms with van der Waals surface area (Å²) in [5.41, 5.74) is 3.02. The van der Waals surface area contributed by atoms with E-state index in [0.717, 1.165) is 19.3 Å². The Bertz CT molecular complexity index is 438. The van der Waals surface area contributed by atoms with Crippen molar-refractivity contribution in [3.05, 3.63) is 34.9 Å². The van der Waals surface area contributed by atoms with Crippen LogP contribution in [0.5, 0.6) is 0 Å². The number of hydrogen-bond acceptors (Lipinski definition) is 2. The molecule has 0 spiro atoms. The second kappa shape index (κ2) is 7.22. The van der Waals surface area contributed by atoms with E-state index in [2.05, 4.69) is 19.9 Å². The molecule has 0 heterocycles. The molecule has 19 heavy (non-hydrogen) atoms. The third-order valence-corrected chi connectivity index (χ3v) is 3.69. The van der Waals surface area contributed by atoms with Gasteiger partial charge in [-0.05, 0) is 42.5 Å². The van der Waals surface area contributed by atoms with Crippen molar-refractivity contribution in [2.75, 3.05) is 0 Å². The van der Waals surface area contributed by atoms with Gasteiger partial charge in [0.2, 0.25) is 0 Å². The number of benzene rings is 1. The van der Waals surface area contributed by atoms with Crippen molar-refractivity contribution in [2.45, 2.75) is 53.4 Å². The summed E-state index contributed by atoms with van der Waals surface area (Å²) in [6.45, 7) is 8.01. The molecule has 0 N–H and O–H groups in total. The largest absolute Gasteiger partial charge is 0.299 e. The molecule has 0 aliphatic heterocycles. The normalized spacial score (nSPS) is 12.2. The Morgan fingerprint density at radius 1 is 1.00 bits per heavy atom. The van der Waals surface area contributed by atoms with Crippen molar-refractivity contribution < 1.29 is 9.59 Å². The standard InChI is InChI=1S/C17H24O2/c1-5-12(4)16(18)11-17(19)15-9-13(6-2)8-14(7-3)10-15/h8-10,12H,5-7,11H2,1-4H3. The number of carbonyl (C=O) groups is 2. The summed E-state index contributed by atoms with van der Waals surface area (Å²) in [4.78, 5) is 24.0. The third-order valence-electron chi connectivity index (χ3n) is 3.69. The number of rotatable bonds is 7. The molecule has 0 bridgehead atoms. The predicted octanol–water partition coefficient (Wildman–Crippen LogP) is 4.00. The molecule has 0 saturated carbocycles. The van der Waals surface area contributed by atoms with Gasteiger partial charge in [0.1, 0.15) is 5.78 Å². The highest BCUT2D eigenvalue weighted by molar-refractivity contribution is 6.08. The summed E-state index contributed by atoms with van der Waals surface area (Å²) in [7, 11) is 0. The van der Waals surface area contributed by atoms with E-state index in [4.69, 9.17) is 0 Å². The third kappa shape index (κ3) is 4.30. The fraction of sp³-hybridized carbons (Fsp3) is 0.529. The lowest BCUT2D eigenvalue weighted by molar-refractivity contribution is -0.121. The summed E-state index contributed by atoms with van der Waals surface area (Å²) in [5.74, 6) is -0.0216. The zero-order valence-corrected chi connectivity index (χ0v) is 12.5. The zero-order chi connectivity index (χ0) is 14.4. The maximum atomic E-state index is 12.2. The van der Waals surface area contributed by atoms with Gasteiger partial charge < -0.3 is 0 Å². The van der Waals surface area contributed by atoms with Gasteiger partial charge in [0.15, 0.2) is 5.78 Å². The molecule has 0 aliphatic rings. The SMILES string of the molecule is CCc1cc(CC)cc(C(=O)CC(=O)C(C)CC)c1. The van der Waals surface area contributed by atoms with Crippen LogP contribution in [-0.2, 0) is 17.6 Å². The van der Waals surface area contributed by atoms with E-state index in [0.29, 0.717) is 5.56 Å². The van der Waals surface area contributed by atoms with Crippen molar-refractivity contribution in [1.82, 2.24) is 0 Å². The molecule has 2 heteroatoms. The molecular weight excluding hydrogens is 236 g/mol. The summed E-state index contributed by atoms with van der Waals surface area (Å²) >= 11 is 0. The van der Waals surface area contributed by atoms with Crippen LogP contribution in [-0.4, -0.2) is 11.6 Å². The van der Waals surface area contributed by atoms with Gasteiger partial charge in [-0.15, -0.1) is 0 Å². The average molecular weight is 260 g/mol. The van der Waals surface area contributed by atoms with Gasteiger partial charge in [-0.25, -0.2) is 0 Å². The van der Waals surface area contributed by atoms with Crippen molar-refractivity contribution >= 4 is 11.6 Å². The van der Waals surface area contributed by atoms with Crippen LogP contribution in [0.15, 0.2) is 18.2 Å². The monoisotopic (exact) mass is 260 g/mol. The topological polar surface area (TPSA) is 34.1 Å². The van der Waals surface area contributed by atoms with E-state index in [1.54, 1.807) is 0 Å². The highest BCUT2D eigenvalue weighted by Gasteiger charge is 2.17. The summed E-state index contributed by atoms with van der Waals surface area (Å²) in [5, 5.41) is 0. The fourth-order valence-corrected chi connectivity index (χ4v) is 1.99. The Morgan fingerprint density at radius 3 is 1.95 bits per heavy atom. The Kier molecular flexibility index (Phi) is 5.94. The molecule has 0 amide bonds. The van der Waals surface area contributed by atoms with Crippen LogP contribution in [0.4, 0.5) is 0 Å². The van der Waals surface area contributed by atoms with Crippen LogP contribution in [0.2, 0.25) is 0 Å². The maximum absolute atomic E-state index is 12.2. The molecule has 2 nitrogen and oxygen atoms in total. The van der Waals surface area contributed by atoms with Gasteiger partial charge in [0, 0.05) is 11.5 Å². The second-order valence-electron chi connectivity index (χ2n) is 5.12. The summed E-state index contributed by atoms with van der Waals surface area (Å²) in [6.07, 6.45) is 2.65. The number of hydrogen-bond donors (Lipinski definition) is 0. The first-order valence-corrected chi connectivity index (χ1v) is 7.20. The van der Waals surface area contributed by atoms with Crippen molar-refractivity contribution in [3.8, 4) is 0 Å². The number of Topliss-reactive ketones (excluding diaryl/α,β-unsaturated/α-hetero) is 2. The Hall–Kier alpha value is -1.44. The van der Waals surface area contributed by atoms with Crippen molar-refractivity contribution in [1.29, 1.82) is 0 Å². The molecule has 1 aromatic rings. The van der Waals surface area contributed by atoms with Crippen molar-refractivity contribution in [3.63, 3.8) is 0 Å². The fourth-order valence-electron chi connectivity index (χ4n) is 1.99. The lowest BCUT2D eigenvalue weighted by Crippen LogP contribution is -2.15. The van der Waals surface area contributed by atoms with Crippen LogP contribution in [0.3, 0.4) is 0 Å². The lowest BCUT2D eigenvalue weighted by atomic mass is 9.94. The minimum atomic E-state index is -0.0460. The first-order valence-electron chi connectivity index (χ1n) is 7.20. The molecule has 0 aliphatic carbocycles. The quantitative estimate of drug-likeness (QED) is 0.548. The Morgan fingerprint density at radius 2 is 1.53 bits per heavy atom. The smallest absolute Gasteiger partial charge is 0.170 e. The molecule has 104 valence electrons. The maximum Gasteiger partial charge on any atom is 0.170 e. The van der Waals surface area contributed by atoms with Gasteiger partial charge in [0.05, 0.1) is 6.42 Å². The van der Waals surface area contributed by atoms with Gasteiger partial charge in [0.25, 0.3) is 0 Å². The Labute approximate surface area is 116 Å². The van der Waals surface area contributed by atoms with Crippen LogP contribution >= 0.6 is 0 Å². The number of carbonyl (C=O) groups excluding carboxylic acids is 2. The highest BCUT2D eigenvalue weighted by atomic mass is 16.1. The van der Waals surface area contributed by atoms with E-state index < -0.39 is 0 Å². The van der Waals surface area contributed by atoms with Crippen LogP contribution < -0.4 is 0 Å². The molecule has 0 fully saturated rings. The predicted molar refractivity (Wildman–Crippen MR) is 78.6 cm³/mol. The van der Waals surface area contributed by atoms with E-state index >= 15 is 0 Å². The van der Waals surface area contributed by atoms with Crippen LogP contribution in [0.1, 0.15) is 62.0 Å². The first kappa shape index (κ1) is 15.6. The van der Waals surface area contributed by atoms with Crippen molar-refractivity contribution in [2.24, 2.45) is 5.92 Å². The minimum absolute atomic E-state index is 0.0241. The zero-order valence-electron chi connectivity index (χ0n) is 12.5. The van der Waals surface area contributed by atoms with Gasteiger partial charge in [-0.2, -0.15) is 0 Å². The average Bonchev–Trinajstić information content (AvgIpc) is 2.45. The van der Waals surface area contributed by atoms with Crippen LogP contribution in [0.25, 0.3) is 0 Å². The van der Waals surface area contributed by atoms with Crippen LogP contribution in [0, 0.1) is 5.92 Å². The second-order valence-corrected chi connectivity index (χ2v) is 5.12. The Balaban J connectivity index is 2.90. The molecule has 1 aromatic carbocycles.